The van der Waals surface area contributed by atoms with E-state index in [0.29, 0.717) is 22.3 Å². The second-order valence-electron chi connectivity index (χ2n) is 10.5. The Morgan fingerprint density at radius 2 is 1.64 bits per heavy atom. The molecule has 1 amide bonds. The lowest BCUT2D eigenvalue weighted by molar-refractivity contribution is 0.0923. The van der Waals surface area contributed by atoms with E-state index in [-0.39, 0.29) is 11.9 Å². The van der Waals surface area contributed by atoms with Crippen LogP contribution in [0.15, 0.2) is 42.2 Å². The van der Waals surface area contributed by atoms with Crippen molar-refractivity contribution in [3.63, 3.8) is 0 Å². The first-order valence-corrected chi connectivity index (χ1v) is 15.0. The van der Waals surface area contributed by atoms with E-state index < -0.39 is 8.07 Å². The molecule has 1 aliphatic rings. The number of nitrogens with zero attached hydrogens (tertiary/aromatic N) is 2. The standard InChI is InChI=1S/C28H41N3OSi/c1-20(2)33(21(3)4,22(5)6)19-17-23-15-16-26(28(32)30-24-12-8-7-9-13-24)31-27(23)25-14-10-11-18-29-25/h10-11,14-22,24H,7-9,12-13H2,1-6H3,(H,30,32)/b19-17+. The van der Waals surface area contributed by atoms with E-state index >= 15 is 0 Å². The Morgan fingerprint density at radius 3 is 2.21 bits per heavy atom. The average molecular weight is 464 g/mol. The molecule has 1 saturated carbocycles. The van der Waals surface area contributed by atoms with Gasteiger partial charge < -0.3 is 5.32 Å². The van der Waals surface area contributed by atoms with E-state index in [2.05, 4.69) is 63.6 Å². The number of rotatable bonds is 8. The first-order valence-electron chi connectivity index (χ1n) is 12.7. The molecule has 2 heterocycles. The number of amides is 1. The number of hydrogen-bond donors (Lipinski definition) is 1. The van der Waals surface area contributed by atoms with Gasteiger partial charge >= 0.3 is 0 Å². The van der Waals surface area contributed by atoms with Crippen molar-refractivity contribution >= 4 is 20.1 Å². The molecule has 0 aliphatic heterocycles. The van der Waals surface area contributed by atoms with Gasteiger partial charge in [-0.15, -0.1) is 0 Å². The molecule has 2 aromatic heterocycles. The third-order valence-electron chi connectivity index (χ3n) is 7.56. The van der Waals surface area contributed by atoms with Crippen LogP contribution in [0.5, 0.6) is 0 Å². The van der Waals surface area contributed by atoms with Gasteiger partial charge in [-0.05, 0) is 47.7 Å². The molecule has 0 bridgehead atoms. The molecule has 2 aromatic rings. The fourth-order valence-electron chi connectivity index (χ4n) is 5.76. The molecule has 1 N–H and O–H groups in total. The second-order valence-corrected chi connectivity index (χ2v) is 16.3. The Labute approximate surface area is 201 Å². The van der Waals surface area contributed by atoms with Crippen LogP contribution in [0.3, 0.4) is 0 Å². The van der Waals surface area contributed by atoms with Crippen LogP contribution in [-0.4, -0.2) is 30.0 Å². The fourth-order valence-corrected chi connectivity index (χ4v) is 11.4. The SMILES string of the molecule is CC(C)[Si](/C=C/c1ccc(C(=O)NC2CCCCC2)nc1-c1ccccn1)(C(C)C)C(C)C. The molecule has 5 heteroatoms. The summed E-state index contributed by atoms with van der Waals surface area (Å²) in [5.74, 6) is -0.0788. The number of nitrogens with one attached hydrogen (secondary N) is 1. The Balaban J connectivity index is 1.99. The maximum absolute atomic E-state index is 13.0. The molecule has 1 aliphatic carbocycles. The van der Waals surface area contributed by atoms with Crippen LogP contribution in [-0.2, 0) is 0 Å². The first kappa shape index (κ1) is 25.4. The highest BCUT2D eigenvalue weighted by Crippen LogP contribution is 2.43. The largest absolute Gasteiger partial charge is 0.348 e. The number of aromatic nitrogens is 2. The number of pyridine rings is 2. The van der Waals surface area contributed by atoms with Crippen LogP contribution < -0.4 is 5.32 Å². The normalized spacial score (nSPS) is 15.7. The Hall–Kier alpha value is -2.27. The molecule has 0 radical (unpaired) electrons. The van der Waals surface area contributed by atoms with Gasteiger partial charge in [0.05, 0.1) is 19.5 Å². The zero-order valence-corrected chi connectivity index (χ0v) is 22.3. The van der Waals surface area contributed by atoms with Crippen LogP contribution in [0.1, 0.15) is 89.7 Å². The summed E-state index contributed by atoms with van der Waals surface area (Å²) in [4.78, 5) is 22.4. The molecule has 0 saturated heterocycles. The quantitative estimate of drug-likeness (QED) is 0.414. The number of carbonyl (C=O) groups excluding carboxylic acids is 1. The zero-order chi connectivity index (χ0) is 24.0. The third kappa shape index (κ3) is 5.81. The smallest absolute Gasteiger partial charge is 0.270 e. The van der Waals surface area contributed by atoms with Crippen molar-refractivity contribution in [1.29, 1.82) is 0 Å². The first-order chi connectivity index (χ1) is 15.8. The van der Waals surface area contributed by atoms with Crippen LogP contribution >= 0.6 is 0 Å². The van der Waals surface area contributed by atoms with E-state index in [1.54, 1.807) is 6.20 Å². The molecular formula is C28H41N3OSi. The summed E-state index contributed by atoms with van der Waals surface area (Å²) >= 11 is 0. The Morgan fingerprint density at radius 1 is 0.970 bits per heavy atom. The van der Waals surface area contributed by atoms with Crippen LogP contribution in [0.4, 0.5) is 0 Å². The van der Waals surface area contributed by atoms with E-state index in [1.807, 2.05) is 30.3 Å². The minimum Gasteiger partial charge on any atom is -0.348 e. The van der Waals surface area contributed by atoms with Crippen molar-refractivity contribution in [3.8, 4) is 11.4 Å². The van der Waals surface area contributed by atoms with Crippen molar-refractivity contribution in [3.05, 3.63) is 53.5 Å². The molecule has 0 aromatic carbocycles. The fraction of sp³-hybridized carbons (Fsp3) is 0.536. The van der Waals surface area contributed by atoms with Gasteiger partial charge in [0.2, 0.25) is 0 Å². The number of hydrogen-bond acceptors (Lipinski definition) is 3. The summed E-state index contributed by atoms with van der Waals surface area (Å²) in [6.45, 7) is 14.2. The summed E-state index contributed by atoms with van der Waals surface area (Å²) < 4.78 is 0. The van der Waals surface area contributed by atoms with Crippen LogP contribution in [0.2, 0.25) is 16.6 Å². The van der Waals surface area contributed by atoms with Crippen molar-refractivity contribution in [2.75, 3.05) is 0 Å². The van der Waals surface area contributed by atoms with Gasteiger partial charge in [0, 0.05) is 17.8 Å². The van der Waals surface area contributed by atoms with E-state index in [0.717, 1.165) is 29.8 Å². The summed E-state index contributed by atoms with van der Waals surface area (Å²) in [6, 6.07) is 10.0. The monoisotopic (exact) mass is 463 g/mol. The molecule has 1 fully saturated rings. The van der Waals surface area contributed by atoms with Gasteiger partial charge in [-0.1, -0.05) is 84.7 Å². The minimum atomic E-state index is -1.71. The molecule has 4 nitrogen and oxygen atoms in total. The summed E-state index contributed by atoms with van der Waals surface area (Å²) in [6.07, 6.45) is 9.81. The van der Waals surface area contributed by atoms with E-state index in [9.17, 15) is 4.79 Å². The van der Waals surface area contributed by atoms with Crippen LogP contribution in [0.25, 0.3) is 17.5 Å². The summed E-state index contributed by atoms with van der Waals surface area (Å²) in [5.41, 5.74) is 7.51. The molecule has 33 heavy (non-hydrogen) atoms. The van der Waals surface area contributed by atoms with Gasteiger partial charge in [-0.2, -0.15) is 0 Å². The lowest BCUT2D eigenvalue weighted by Gasteiger charge is -2.40. The van der Waals surface area contributed by atoms with Crippen molar-refractivity contribution in [2.24, 2.45) is 0 Å². The van der Waals surface area contributed by atoms with Gasteiger partial charge in [0.25, 0.3) is 5.91 Å². The van der Waals surface area contributed by atoms with Gasteiger partial charge in [-0.3, -0.25) is 9.78 Å². The minimum absolute atomic E-state index is 0.0788. The predicted octanol–water partition coefficient (Wildman–Crippen LogP) is 7.44. The molecule has 178 valence electrons. The van der Waals surface area contributed by atoms with Gasteiger partial charge in [0.15, 0.2) is 0 Å². The summed E-state index contributed by atoms with van der Waals surface area (Å²) in [5, 5.41) is 3.20. The topological polar surface area (TPSA) is 54.9 Å². The van der Waals surface area contributed by atoms with Crippen molar-refractivity contribution in [1.82, 2.24) is 15.3 Å². The maximum atomic E-state index is 13.0. The molecule has 0 unspecified atom stereocenters. The Bertz CT molecular complexity index is 925. The zero-order valence-electron chi connectivity index (χ0n) is 21.3. The van der Waals surface area contributed by atoms with Crippen molar-refractivity contribution < 1.29 is 4.79 Å². The molecule has 0 atom stereocenters. The average Bonchev–Trinajstić information content (AvgIpc) is 2.80. The Kier molecular flexibility index (Phi) is 8.63. The molecule has 0 spiro atoms. The van der Waals surface area contributed by atoms with E-state index in [4.69, 9.17) is 4.98 Å². The summed E-state index contributed by atoms with van der Waals surface area (Å²) in [7, 11) is -1.71. The maximum Gasteiger partial charge on any atom is 0.270 e. The highest BCUT2D eigenvalue weighted by molar-refractivity contribution is 6.88. The predicted molar refractivity (Wildman–Crippen MR) is 142 cm³/mol. The van der Waals surface area contributed by atoms with Gasteiger partial charge in [0.1, 0.15) is 5.69 Å². The van der Waals surface area contributed by atoms with Crippen LogP contribution in [0, 0.1) is 0 Å². The molecule has 3 rings (SSSR count). The number of carbonyl (C=O) groups is 1. The van der Waals surface area contributed by atoms with E-state index in [1.165, 1.54) is 19.3 Å². The molecular weight excluding hydrogens is 422 g/mol. The highest BCUT2D eigenvalue weighted by Gasteiger charge is 2.40. The van der Waals surface area contributed by atoms with Crippen molar-refractivity contribution in [2.45, 2.75) is 96.3 Å². The highest BCUT2D eigenvalue weighted by atomic mass is 28.3. The lowest BCUT2D eigenvalue weighted by atomic mass is 9.95. The third-order valence-corrected chi connectivity index (χ3v) is 14.3. The lowest BCUT2D eigenvalue weighted by Crippen LogP contribution is -2.42. The second kappa shape index (κ2) is 11.2. The van der Waals surface area contributed by atoms with Gasteiger partial charge in [-0.25, -0.2) is 4.98 Å².